The molecule has 1 aromatic heterocycles. The van der Waals surface area contributed by atoms with E-state index < -0.39 is 0 Å². The zero-order chi connectivity index (χ0) is 27.4. The van der Waals surface area contributed by atoms with Gasteiger partial charge in [-0.15, -0.1) is 0 Å². The average Bonchev–Trinajstić information content (AvgIpc) is 2.96. The summed E-state index contributed by atoms with van der Waals surface area (Å²) in [5.74, 6) is 0.530. The topological polar surface area (TPSA) is 66.8 Å². The van der Waals surface area contributed by atoms with E-state index in [1.165, 1.54) is 15.8 Å². The van der Waals surface area contributed by atoms with Gasteiger partial charge >= 0.3 is 0 Å². The third kappa shape index (κ3) is 5.83. The third-order valence-electron chi connectivity index (χ3n) is 7.50. The lowest BCUT2D eigenvalue weighted by atomic mass is 10.1. The van der Waals surface area contributed by atoms with Gasteiger partial charge in [0.25, 0.3) is 11.5 Å². The Hall–Kier alpha value is -4.10. The number of methoxy groups -OCH3 is 1. The lowest BCUT2D eigenvalue weighted by Crippen LogP contribution is -2.52. The van der Waals surface area contributed by atoms with Gasteiger partial charge in [-0.25, -0.2) is 0 Å². The number of aryl methyl sites for hydroxylation is 1. The number of aromatic nitrogens is 1. The van der Waals surface area contributed by atoms with Crippen molar-refractivity contribution in [2.45, 2.75) is 26.3 Å². The van der Waals surface area contributed by atoms with Gasteiger partial charge in [-0.3, -0.25) is 19.1 Å². The van der Waals surface area contributed by atoms with Gasteiger partial charge in [-0.05, 0) is 74.8 Å². The van der Waals surface area contributed by atoms with Gasteiger partial charge in [-0.2, -0.15) is 0 Å². The second-order valence-corrected chi connectivity index (χ2v) is 10.3. The molecule has 1 aliphatic heterocycles. The molecule has 0 unspecified atom stereocenters. The van der Waals surface area contributed by atoms with Crippen molar-refractivity contribution in [1.29, 1.82) is 0 Å². The Bertz CT molecular complexity index is 1510. The summed E-state index contributed by atoms with van der Waals surface area (Å²) in [5, 5.41) is 4.26. The summed E-state index contributed by atoms with van der Waals surface area (Å²) >= 11 is 0. The molecule has 4 aromatic rings. The van der Waals surface area contributed by atoms with Crippen molar-refractivity contribution in [3.8, 4) is 11.4 Å². The number of nitrogens with one attached hydrogen (secondary N) is 1. The van der Waals surface area contributed by atoms with Crippen LogP contribution in [0.4, 0.5) is 5.69 Å². The van der Waals surface area contributed by atoms with Gasteiger partial charge in [0, 0.05) is 60.6 Å². The molecule has 5 rings (SSSR count). The summed E-state index contributed by atoms with van der Waals surface area (Å²) in [5.41, 5.74) is 3.58. The molecule has 7 heteroatoms. The minimum Gasteiger partial charge on any atom is -0.497 e. The maximum Gasteiger partial charge on any atom is 0.262 e. The molecule has 1 aliphatic rings. The highest BCUT2D eigenvalue weighted by molar-refractivity contribution is 6.06. The summed E-state index contributed by atoms with van der Waals surface area (Å²) in [4.78, 5) is 31.5. The Morgan fingerprint density at radius 3 is 2.46 bits per heavy atom. The molecule has 1 amide bonds. The molecule has 0 radical (unpaired) electrons. The third-order valence-corrected chi connectivity index (χ3v) is 7.50. The van der Waals surface area contributed by atoms with Gasteiger partial charge in [0.05, 0.1) is 12.7 Å². The standard InChI is InChI=1S/C32H36N4O3/c1-23-8-6-9-26(20-23)35-19-18-34(21-24(35)2)17-7-16-33-31(37)30-22-36(25-12-14-27(39-3)15-13-25)32(38)29-11-5-4-10-28(29)30/h4-6,8-15,20,22,24H,7,16-19,21H2,1-3H3,(H,33,37)/t24-/m0/s1. The van der Waals surface area contributed by atoms with Gasteiger partial charge in [0.2, 0.25) is 0 Å². The van der Waals surface area contributed by atoms with Crippen molar-refractivity contribution in [2.75, 3.05) is 44.7 Å². The Balaban J connectivity index is 1.22. The Kier molecular flexibility index (Phi) is 7.98. The number of amides is 1. The van der Waals surface area contributed by atoms with E-state index in [1.807, 2.05) is 30.3 Å². The van der Waals surface area contributed by atoms with Crippen LogP contribution in [0.5, 0.6) is 5.75 Å². The minimum absolute atomic E-state index is 0.161. The minimum atomic E-state index is -0.175. The van der Waals surface area contributed by atoms with Crippen LogP contribution in [0.1, 0.15) is 29.3 Å². The number of ether oxygens (including phenoxy) is 1. The van der Waals surface area contributed by atoms with E-state index in [0.717, 1.165) is 32.6 Å². The summed E-state index contributed by atoms with van der Waals surface area (Å²) in [6, 6.07) is 23.7. The second kappa shape index (κ2) is 11.7. The number of nitrogens with zero attached hydrogens (tertiary/aromatic N) is 3. The molecule has 1 N–H and O–H groups in total. The molecule has 202 valence electrons. The van der Waals surface area contributed by atoms with E-state index in [1.54, 1.807) is 31.5 Å². The van der Waals surface area contributed by atoms with Crippen LogP contribution in [0.15, 0.2) is 83.8 Å². The van der Waals surface area contributed by atoms with Crippen molar-refractivity contribution in [3.63, 3.8) is 0 Å². The molecule has 0 bridgehead atoms. The monoisotopic (exact) mass is 524 g/mol. The number of hydrogen-bond donors (Lipinski definition) is 1. The van der Waals surface area contributed by atoms with E-state index >= 15 is 0 Å². The van der Waals surface area contributed by atoms with Gasteiger partial charge in [-0.1, -0.05) is 30.3 Å². The number of hydrogen-bond acceptors (Lipinski definition) is 5. The van der Waals surface area contributed by atoms with Gasteiger partial charge < -0.3 is 15.0 Å². The summed E-state index contributed by atoms with van der Waals surface area (Å²) in [6.45, 7) is 8.91. The SMILES string of the molecule is COc1ccc(-n2cc(C(=O)NCCCN3CCN(c4cccc(C)c4)[C@@H](C)C3)c3ccccc3c2=O)cc1. The molecule has 0 saturated carbocycles. The molecule has 1 atom stereocenters. The van der Waals surface area contributed by atoms with Crippen LogP contribution in [-0.4, -0.2) is 61.2 Å². The number of benzene rings is 3. The maximum atomic E-state index is 13.3. The fraction of sp³-hybridized carbons (Fsp3) is 0.312. The first kappa shape index (κ1) is 26.5. The number of fused-ring (bicyclic) bond motifs is 1. The second-order valence-electron chi connectivity index (χ2n) is 10.3. The maximum absolute atomic E-state index is 13.3. The Morgan fingerprint density at radius 1 is 0.974 bits per heavy atom. The van der Waals surface area contributed by atoms with E-state index in [-0.39, 0.29) is 11.5 Å². The zero-order valence-corrected chi connectivity index (χ0v) is 22.9. The lowest BCUT2D eigenvalue weighted by Gasteiger charge is -2.41. The molecule has 1 saturated heterocycles. The van der Waals surface area contributed by atoms with E-state index in [4.69, 9.17) is 4.74 Å². The van der Waals surface area contributed by atoms with E-state index in [2.05, 4.69) is 53.2 Å². The predicted octanol–water partition coefficient (Wildman–Crippen LogP) is 4.64. The van der Waals surface area contributed by atoms with Crippen LogP contribution in [0.2, 0.25) is 0 Å². The first-order chi connectivity index (χ1) is 18.9. The van der Waals surface area contributed by atoms with Crippen LogP contribution in [0, 0.1) is 6.92 Å². The quantitative estimate of drug-likeness (QED) is 0.340. The molecule has 0 spiro atoms. The molecule has 2 heterocycles. The molecular formula is C32H36N4O3. The number of piperazine rings is 1. The number of anilines is 1. The van der Waals surface area contributed by atoms with E-state index in [9.17, 15) is 9.59 Å². The number of rotatable bonds is 8. The molecule has 3 aromatic carbocycles. The first-order valence-corrected chi connectivity index (χ1v) is 13.6. The highest BCUT2D eigenvalue weighted by Gasteiger charge is 2.23. The summed E-state index contributed by atoms with van der Waals surface area (Å²) in [7, 11) is 1.60. The lowest BCUT2D eigenvalue weighted by molar-refractivity contribution is 0.0952. The molecule has 1 fully saturated rings. The zero-order valence-electron chi connectivity index (χ0n) is 22.9. The number of carbonyl (C=O) groups is 1. The largest absolute Gasteiger partial charge is 0.497 e. The normalized spacial score (nSPS) is 15.9. The first-order valence-electron chi connectivity index (χ1n) is 13.6. The van der Waals surface area contributed by atoms with Gasteiger partial charge in [0.1, 0.15) is 5.75 Å². The Labute approximate surface area is 229 Å². The molecular weight excluding hydrogens is 488 g/mol. The number of pyridine rings is 1. The van der Waals surface area contributed by atoms with Crippen molar-refractivity contribution in [2.24, 2.45) is 0 Å². The van der Waals surface area contributed by atoms with E-state index in [0.29, 0.717) is 40.4 Å². The van der Waals surface area contributed by atoms with Crippen LogP contribution < -0.4 is 20.5 Å². The predicted molar refractivity (Wildman–Crippen MR) is 157 cm³/mol. The van der Waals surface area contributed by atoms with Crippen molar-refractivity contribution in [1.82, 2.24) is 14.8 Å². The fourth-order valence-corrected chi connectivity index (χ4v) is 5.43. The fourth-order valence-electron chi connectivity index (χ4n) is 5.43. The molecule has 7 nitrogen and oxygen atoms in total. The highest BCUT2D eigenvalue weighted by atomic mass is 16.5. The van der Waals surface area contributed by atoms with Crippen molar-refractivity contribution in [3.05, 3.63) is 100 Å². The van der Waals surface area contributed by atoms with Crippen LogP contribution >= 0.6 is 0 Å². The van der Waals surface area contributed by atoms with Crippen LogP contribution in [0.25, 0.3) is 16.5 Å². The van der Waals surface area contributed by atoms with Crippen molar-refractivity contribution < 1.29 is 9.53 Å². The average molecular weight is 525 g/mol. The summed E-state index contributed by atoms with van der Waals surface area (Å²) in [6.07, 6.45) is 2.51. The van der Waals surface area contributed by atoms with Crippen LogP contribution in [-0.2, 0) is 0 Å². The van der Waals surface area contributed by atoms with Crippen LogP contribution in [0.3, 0.4) is 0 Å². The van der Waals surface area contributed by atoms with Gasteiger partial charge in [0.15, 0.2) is 0 Å². The molecule has 0 aliphatic carbocycles. The van der Waals surface area contributed by atoms with Crippen molar-refractivity contribution >= 4 is 22.4 Å². The number of carbonyl (C=O) groups excluding carboxylic acids is 1. The molecule has 39 heavy (non-hydrogen) atoms. The Morgan fingerprint density at radius 2 is 1.74 bits per heavy atom. The highest BCUT2D eigenvalue weighted by Crippen LogP contribution is 2.22. The smallest absolute Gasteiger partial charge is 0.262 e. The summed E-state index contributed by atoms with van der Waals surface area (Å²) < 4.78 is 6.78.